The Labute approximate surface area is 112 Å². The average Bonchev–Trinajstić information content (AvgIpc) is 2.39. The minimum atomic E-state index is 0.621. The first-order valence-corrected chi connectivity index (χ1v) is 7.09. The largest absolute Gasteiger partial charge is 0.374 e. The second-order valence-electron chi connectivity index (χ2n) is 4.20. The van der Waals surface area contributed by atoms with Gasteiger partial charge in [0.15, 0.2) is 11.4 Å². The Balaban J connectivity index is 2.31. The van der Waals surface area contributed by atoms with Gasteiger partial charge in [-0.05, 0) is 36.8 Å². The number of thioether (sulfide) groups is 1. The molecule has 2 rings (SSSR count). The third-order valence-electron chi connectivity index (χ3n) is 3.01. The van der Waals surface area contributed by atoms with Gasteiger partial charge in [-0.1, -0.05) is 17.8 Å². The van der Waals surface area contributed by atoms with Crippen LogP contribution in [0.2, 0.25) is 0 Å². The molecule has 1 aliphatic heterocycles. The second-order valence-corrected chi connectivity index (χ2v) is 4.99. The first-order valence-electron chi connectivity index (χ1n) is 5.86. The predicted molar refractivity (Wildman–Crippen MR) is 77.4 cm³/mol. The van der Waals surface area contributed by atoms with Crippen LogP contribution in [-0.4, -0.2) is 25.0 Å². The van der Waals surface area contributed by atoms with Gasteiger partial charge >= 0.3 is 0 Å². The summed E-state index contributed by atoms with van der Waals surface area (Å²) in [6.45, 7) is 1.09. The molecule has 94 valence electrons. The van der Waals surface area contributed by atoms with Crippen molar-refractivity contribution in [3.05, 3.63) is 23.8 Å². The van der Waals surface area contributed by atoms with E-state index in [0.717, 1.165) is 18.7 Å². The maximum atomic E-state index is 8.62. The molecule has 0 spiro atoms. The Morgan fingerprint density at radius 2 is 2.39 bits per heavy atom. The van der Waals surface area contributed by atoms with Crippen LogP contribution in [0, 0.1) is 11.5 Å². The zero-order chi connectivity index (χ0) is 13.0. The molecule has 0 saturated carbocycles. The Bertz CT molecular complexity index is 504. The number of nitrogens with zero attached hydrogens (tertiary/aromatic N) is 3. The lowest BCUT2D eigenvalue weighted by Gasteiger charge is -2.27. The van der Waals surface area contributed by atoms with E-state index in [1.54, 1.807) is 0 Å². The normalized spacial score (nSPS) is 14.9. The van der Waals surface area contributed by atoms with E-state index >= 15 is 0 Å². The van der Waals surface area contributed by atoms with Gasteiger partial charge in [0.1, 0.15) is 0 Å². The van der Waals surface area contributed by atoms with Crippen molar-refractivity contribution in [1.82, 2.24) is 5.32 Å². The van der Waals surface area contributed by atoms with E-state index in [1.165, 1.54) is 29.4 Å². The number of hydrogen-bond acceptors (Lipinski definition) is 4. The highest BCUT2D eigenvalue weighted by molar-refractivity contribution is 8.13. The fourth-order valence-corrected chi connectivity index (χ4v) is 2.45. The highest BCUT2D eigenvalue weighted by Crippen LogP contribution is 2.30. The van der Waals surface area contributed by atoms with Crippen molar-refractivity contribution in [3.8, 4) is 6.19 Å². The molecule has 1 aliphatic rings. The molecule has 5 heteroatoms. The van der Waals surface area contributed by atoms with Crippen molar-refractivity contribution in [1.29, 1.82) is 5.26 Å². The third kappa shape index (κ3) is 2.77. The standard InChI is InChI=1S/C13H16N4S/c1-17-7-3-4-10-5-6-11(8-12(10)17)16-13(18-2)15-9-14/h5-6,8H,3-4,7H2,1-2H3,(H,15,16). The molecule has 1 aromatic carbocycles. The quantitative estimate of drug-likeness (QED) is 0.365. The van der Waals surface area contributed by atoms with E-state index in [0.29, 0.717) is 5.17 Å². The van der Waals surface area contributed by atoms with Crippen molar-refractivity contribution >= 4 is 28.3 Å². The van der Waals surface area contributed by atoms with Crippen molar-refractivity contribution < 1.29 is 0 Å². The molecule has 0 saturated heterocycles. The molecule has 0 aromatic heterocycles. The van der Waals surface area contributed by atoms with Crippen LogP contribution in [0.25, 0.3) is 0 Å². The number of rotatable bonds is 1. The van der Waals surface area contributed by atoms with Crippen molar-refractivity contribution in [3.63, 3.8) is 0 Å². The molecule has 0 amide bonds. The van der Waals surface area contributed by atoms with Gasteiger partial charge in [-0.15, -0.1) is 0 Å². The summed E-state index contributed by atoms with van der Waals surface area (Å²) in [6.07, 6.45) is 6.14. The summed E-state index contributed by atoms with van der Waals surface area (Å²) in [7, 11) is 2.11. The zero-order valence-corrected chi connectivity index (χ0v) is 11.4. The smallest absolute Gasteiger partial charge is 0.183 e. The molecule has 1 aromatic rings. The lowest BCUT2D eigenvalue weighted by molar-refractivity contribution is 0.744. The first kappa shape index (κ1) is 12.8. The van der Waals surface area contributed by atoms with Crippen LogP contribution >= 0.6 is 11.8 Å². The zero-order valence-electron chi connectivity index (χ0n) is 10.6. The average molecular weight is 260 g/mol. The van der Waals surface area contributed by atoms with Crippen LogP contribution in [0.1, 0.15) is 12.0 Å². The molecule has 0 atom stereocenters. The van der Waals surface area contributed by atoms with Crippen molar-refractivity contribution in [2.24, 2.45) is 4.99 Å². The van der Waals surface area contributed by atoms with Crippen molar-refractivity contribution in [2.75, 3.05) is 24.7 Å². The van der Waals surface area contributed by atoms with Gasteiger partial charge in [-0.2, -0.15) is 5.26 Å². The van der Waals surface area contributed by atoms with E-state index in [1.807, 2.05) is 18.5 Å². The second kappa shape index (κ2) is 5.78. The predicted octanol–water partition coefficient (Wildman–Crippen LogP) is 2.49. The Hall–Kier alpha value is -1.67. The maximum Gasteiger partial charge on any atom is 0.183 e. The number of benzene rings is 1. The Morgan fingerprint density at radius 3 is 3.11 bits per heavy atom. The van der Waals surface area contributed by atoms with E-state index in [4.69, 9.17) is 5.26 Å². The van der Waals surface area contributed by atoms with E-state index in [9.17, 15) is 0 Å². The molecule has 0 unspecified atom stereocenters. The number of aliphatic imine (C=N–C) groups is 1. The maximum absolute atomic E-state index is 8.62. The summed E-state index contributed by atoms with van der Waals surface area (Å²) >= 11 is 1.43. The molecular formula is C13H16N4S. The Morgan fingerprint density at radius 1 is 1.56 bits per heavy atom. The lowest BCUT2D eigenvalue weighted by atomic mass is 10.0. The summed E-state index contributed by atoms with van der Waals surface area (Å²) < 4.78 is 0. The van der Waals surface area contributed by atoms with Crippen LogP contribution in [0.5, 0.6) is 0 Å². The highest BCUT2D eigenvalue weighted by atomic mass is 32.2. The number of hydrogen-bond donors (Lipinski definition) is 1. The van der Waals surface area contributed by atoms with Gasteiger partial charge < -0.3 is 4.90 Å². The number of nitriles is 1. The third-order valence-corrected chi connectivity index (χ3v) is 3.59. The number of fused-ring (bicyclic) bond motifs is 1. The topological polar surface area (TPSA) is 51.4 Å². The SMILES string of the molecule is CSC(=Nc1ccc2c(c1)N(C)CCC2)NC#N. The monoisotopic (exact) mass is 260 g/mol. The first-order chi connectivity index (χ1) is 8.74. The number of amidine groups is 1. The molecule has 1 heterocycles. The minimum absolute atomic E-state index is 0.621. The van der Waals surface area contributed by atoms with Crippen LogP contribution in [0.15, 0.2) is 23.2 Å². The molecular weight excluding hydrogens is 244 g/mol. The van der Waals surface area contributed by atoms with Crippen LogP contribution in [-0.2, 0) is 6.42 Å². The van der Waals surface area contributed by atoms with Gasteiger partial charge in [0.2, 0.25) is 0 Å². The summed E-state index contributed by atoms with van der Waals surface area (Å²) in [5, 5.41) is 11.8. The molecule has 18 heavy (non-hydrogen) atoms. The number of anilines is 1. The van der Waals surface area contributed by atoms with Crippen LogP contribution in [0.3, 0.4) is 0 Å². The molecule has 0 radical (unpaired) electrons. The minimum Gasteiger partial charge on any atom is -0.374 e. The summed E-state index contributed by atoms with van der Waals surface area (Å²) in [5.41, 5.74) is 3.51. The van der Waals surface area contributed by atoms with Crippen LogP contribution < -0.4 is 10.2 Å². The Kier molecular flexibility index (Phi) is 4.11. The van der Waals surface area contributed by atoms with E-state index in [2.05, 4.69) is 34.4 Å². The highest BCUT2D eigenvalue weighted by Gasteiger charge is 2.13. The molecule has 1 N–H and O–H groups in total. The van der Waals surface area contributed by atoms with Gasteiger partial charge in [0, 0.05) is 19.3 Å². The summed E-state index contributed by atoms with van der Waals surface area (Å²) in [6, 6.07) is 6.23. The van der Waals surface area contributed by atoms with Gasteiger partial charge in [0.05, 0.1) is 5.69 Å². The summed E-state index contributed by atoms with van der Waals surface area (Å²) in [5.74, 6) is 0. The van der Waals surface area contributed by atoms with E-state index in [-0.39, 0.29) is 0 Å². The number of nitrogens with one attached hydrogen (secondary N) is 1. The fourth-order valence-electron chi connectivity index (χ4n) is 2.11. The van der Waals surface area contributed by atoms with Gasteiger partial charge in [0.25, 0.3) is 0 Å². The van der Waals surface area contributed by atoms with Crippen molar-refractivity contribution in [2.45, 2.75) is 12.8 Å². The van der Waals surface area contributed by atoms with Crippen LogP contribution in [0.4, 0.5) is 11.4 Å². The lowest BCUT2D eigenvalue weighted by Crippen LogP contribution is -2.24. The summed E-state index contributed by atoms with van der Waals surface area (Å²) in [4.78, 5) is 6.69. The fraction of sp³-hybridized carbons (Fsp3) is 0.385. The molecule has 0 aliphatic carbocycles. The number of aryl methyl sites for hydroxylation is 1. The molecule has 0 bridgehead atoms. The molecule has 4 nitrogen and oxygen atoms in total. The van der Waals surface area contributed by atoms with E-state index < -0.39 is 0 Å². The van der Waals surface area contributed by atoms with Gasteiger partial charge in [-0.3, -0.25) is 5.32 Å². The van der Waals surface area contributed by atoms with Gasteiger partial charge in [-0.25, -0.2) is 4.99 Å². The molecule has 0 fully saturated rings.